The van der Waals surface area contributed by atoms with Crippen LogP contribution in [0.25, 0.3) is 0 Å². The summed E-state index contributed by atoms with van der Waals surface area (Å²) in [4.78, 5) is 16.3. The molecule has 0 N–H and O–H groups in total. The molecule has 0 saturated carbocycles. The van der Waals surface area contributed by atoms with Gasteiger partial charge in [-0.3, -0.25) is 9.69 Å². The Morgan fingerprint density at radius 3 is 2.88 bits per heavy atom. The molecule has 16 heavy (non-hydrogen) atoms. The lowest BCUT2D eigenvalue weighted by Gasteiger charge is -2.16. The van der Waals surface area contributed by atoms with Crippen molar-refractivity contribution in [3.05, 3.63) is 40.0 Å². The molecule has 6 heteroatoms. The number of aromatic nitrogens is 1. The molecular formula is C10H6Cl2N2OS. The normalized spacial score (nSPS) is 10.1. The molecule has 0 radical (unpaired) electrons. The summed E-state index contributed by atoms with van der Waals surface area (Å²) in [7, 11) is 0. The van der Waals surface area contributed by atoms with E-state index in [1.807, 2.05) is 17.5 Å². The van der Waals surface area contributed by atoms with Crippen LogP contribution in [0.15, 0.2) is 29.8 Å². The summed E-state index contributed by atoms with van der Waals surface area (Å²) in [5.74, 6) is 0. The number of hydrogen-bond donors (Lipinski definition) is 0. The van der Waals surface area contributed by atoms with E-state index in [0.717, 1.165) is 5.00 Å². The lowest BCUT2D eigenvalue weighted by atomic mass is 10.3. The maximum absolute atomic E-state index is 11.1. The third-order valence-corrected chi connectivity index (χ3v) is 3.28. The average Bonchev–Trinajstić information content (AvgIpc) is 2.78. The number of nitrogens with zero attached hydrogens (tertiary/aromatic N) is 2. The summed E-state index contributed by atoms with van der Waals surface area (Å²) in [5.41, 5.74) is 0.527. The Hall–Kier alpha value is -1.10. The molecule has 1 amide bonds. The predicted octanol–water partition coefficient (Wildman–Crippen LogP) is 3.74. The van der Waals surface area contributed by atoms with E-state index in [1.165, 1.54) is 22.4 Å². The maximum Gasteiger partial charge on any atom is 0.219 e. The van der Waals surface area contributed by atoms with Crippen LogP contribution in [0.3, 0.4) is 0 Å². The summed E-state index contributed by atoms with van der Waals surface area (Å²) >= 11 is 13.2. The minimum Gasteiger partial charge on any atom is -0.278 e. The van der Waals surface area contributed by atoms with Crippen molar-refractivity contribution in [3.63, 3.8) is 0 Å². The highest BCUT2D eigenvalue weighted by molar-refractivity contribution is 7.14. The van der Waals surface area contributed by atoms with Crippen molar-refractivity contribution >= 4 is 51.6 Å². The molecule has 2 aromatic rings. The van der Waals surface area contributed by atoms with Crippen LogP contribution in [0.2, 0.25) is 10.2 Å². The smallest absolute Gasteiger partial charge is 0.219 e. The SMILES string of the molecule is O=CN(c1cccs1)c1cc(Cl)ncc1Cl. The lowest BCUT2D eigenvalue weighted by Crippen LogP contribution is -2.13. The molecule has 0 unspecified atom stereocenters. The molecule has 82 valence electrons. The first-order chi connectivity index (χ1) is 7.72. The molecule has 0 fully saturated rings. The largest absolute Gasteiger partial charge is 0.278 e. The van der Waals surface area contributed by atoms with Crippen molar-refractivity contribution in [3.8, 4) is 0 Å². The number of anilines is 2. The number of halogens is 2. The van der Waals surface area contributed by atoms with Gasteiger partial charge in [-0.2, -0.15) is 0 Å². The van der Waals surface area contributed by atoms with Crippen molar-refractivity contribution in [2.45, 2.75) is 0 Å². The molecule has 0 atom stereocenters. The molecule has 2 aromatic heterocycles. The number of hydrogen-bond acceptors (Lipinski definition) is 3. The van der Waals surface area contributed by atoms with Gasteiger partial charge < -0.3 is 0 Å². The summed E-state index contributed by atoms with van der Waals surface area (Å²) in [5, 5.41) is 3.33. The third kappa shape index (κ3) is 2.19. The Bertz CT molecular complexity index is 502. The first-order valence-electron chi connectivity index (χ1n) is 4.31. The molecule has 2 heterocycles. The van der Waals surface area contributed by atoms with Gasteiger partial charge in [-0.1, -0.05) is 23.2 Å². The summed E-state index contributed by atoms with van der Waals surface area (Å²) < 4.78 is 0. The molecule has 0 aromatic carbocycles. The van der Waals surface area contributed by atoms with E-state index in [1.54, 1.807) is 6.07 Å². The fourth-order valence-corrected chi connectivity index (χ4v) is 2.28. The van der Waals surface area contributed by atoms with Gasteiger partial charge in [0.15, 0.2) is 0 Å². The second kappa shape index (κ2) is 4.82. The van der Waals surface area contributed by atoms with Crippen LogP contribution in [0, 0.1) is 0 Å². The minimum atomic E-state index is 0.294. The van der Waals surface area contributed by atoms with Crippen molar-refractivity contribution in [1.29, 1.82) is 0 Å². The molecule has 0 bridgehead atoms. The zero-order valence-corrected chi connectivity index (χ0v) is 10.3. The molecular weight excluding hydrogens is 267 g/mol. The van der Waals surface area contributed by atoms with Crippen LogP contribution >= 0.6 is 34.5 Å². The van der Waals surface area contributed by atoms with E-state index in [9.17, 15) is 4.79 Å². The van der Waals surface area contributed by atoms with Gasteiger partial charge in [0, 0.05) is 12.3 Å². The maximum atomic E-state index is 11.1. The molecule has 0 saturated heterocycles. The second-order valence-electron chi connectivity index (χ2n) is 2.89. The van der Waals surface area contributed by atoms with Crippen molar-refractivity contribution in [2.75, 3.05) is 4.90 Å². The van der Waals surface area contributed by atoms with Gasteiger partial charge in [0.2, 0.25) is 6.41 Å². The number of amides is 1. The van der Waals surface area contributed by atoms with Crippen LogP contribution in [-0.4, -0.2) is 11.4 Å². The standard InChI is InChI=1S/C10H6Cl2N2OS/c11-7-5-13-9(12)4-8(7)14(6-15)10-2-1-3-16-10/h1-6H. The number of rotatable bonds is 3. The molecule has 0 aliphatic rings. The van der Waals surface area contributed by atoms with Crippen molar-refractivity contribution in [1.82, 2.24) is 4.98 Å². The van der Waals surface area contributed by atoms with E-state index >= 15 is 0 Å². The monoisotopic (exact) mass is 272 g/mol. The zero-order chi connectivity index (χ0) is 11.5. The zero-order valence-electron chi connectivity index (χ0n) is 7.93. The quantitative estimate of drug-likeness (QED) is 0.630. The van der Waals surface area contributed by atoms with Gasteiger partial charge in [-0.05, 0) is 17.5 Å². The van der Waals surface area contributed by atoms with E-state index in [4.69, 9.17) is 23.2 Å². The minimum absolute atomic E-state index is 0.294. The van der Waals surface area contributed by atoms with E-state index in [0.29, 0.717) is 22.3 Å². The Labute approximate surface area is 106 Å². The molecule has 2 rings (SSSR count). The van der Waals surface area contributed by atoms with Crippen LogP contribution in [0.5, 0.6) is 0 Å². The Morgan fingerprint density at radius 1 is 1.44 bits per heavy atom. The molecule has 0 aliphatic heterocycles. The predicted molar refractivity (Wildman–Crippen MR) is 66.8 cm³/mol. The molecule has 3 nitrogen and oxygen atoms in total. The van der Waals surface area contributed by atoms with E-state index in [2.05, 4.69) is 4.98 Å². The Morgan fingerprint density at radius 2 is 2.25 bits per heavy atom. The van der Waals surface area contributed by atoms with Crippen LogP contribution in [-0.2, 0) is 4.79 Å². The summed E-state index contributed by atoms with van der Waals surface area (Å²) in [6.45, 7) is 0. The topological polar surface area (TPSA) is 33.2 Å². The molecule has 0 spiro atoms. The first kappa shape index (κ1) is 11.4. The average molecular weight is 273 g/mol. The van der Waals surface area contributed by atoms with Gasteiger partial charge in [0.25, 0.3) is 0 Å². The van der Waals surface area contributed by atoms with E-state index in [-0.39, 0.29) is 0 Å². The van der Waals surface area contributed by atoms with Crippen molar-refractivity contribution < 1.29 is 4.79 Å². The fraction of sp³-hybridized carbons (Fsp3) is 0. The lowest BCUT2D eigenvalue weighted by molar-refractivity contribution is -0.106. The summed E-state index contributed by atoms with van der Waals surface area (Å²) in [6.07, 6.45) is 2.12. The number of thiophene rings is 1. The van der Waals surface area contributed by atoms with E-state index < -0.39 is 0 Å². The highest BCUT2D eigenvalue weighted by Gasteiger charge is 2.13. The van der Waals surface area contributed by atoms with Crippen molar-refractivity contribution in [2.24, 2.45) is 0 Å². The van der Waals surface area contributed by atoms with Gasteiger partial charge >= 0.3 is 0 Å². The Balaban J connectivity index is 2.48. The number of pyridine rings is 1. The van der Waals surface area contributed by atoms with Gasteiger partial charge in [-0.15, -0.1) is 11.3 Å². The highest BCUT2D eigenvalue weighted by Crippen LogP contribution is 2.34. The van der Waals surface area contributed by atoms with Gasteiger partial charge in [0.05, 0.1) is 10.7 Å². The second-order valence-corrected chi connectivity index (χ2v) is 4.61. The van der Waals surface area contributed by atoms with Gasteiger partial charge in [-0.25, -0.2) is 4.98 Å². The number of carbonyl (C=O) groups is 1. The van der Waals surface area contributed by atoms with Crippen LogP contribution in [0.1, 0.15) is 0 Å². The Kier molecular flexibility index (Phi) is 3.43. The first-order valence-corrected chi connectivity index (χ1v) is 5.95. The number of carbonyl (C=O) groups excluding carboxylic acids is 1. The fourth-order valence-electron chi connectivity index (χ4n) is 1.22. The van der Waals surface area contributed by atoms with Crippen LogP contribution < -0.4 is 4.90 Å². The third-order valence-electron chi connectivity index (χ3n) is 1.91. The summed E-state index contributed by atoms with van der Waals surface area (Å²) in [6, 6.07) is 5.23. The molecule has 0 aliphatic carbocycles. The van der Waals surface area contributed by atoms with Gasteiger partial charge in [0.1, 0.15) is 10.2 Å². The highest BCUT2D eigenvalue weighted by atomic mass is 35.5. The van der Waals surface area contributed by atoms with Crippen LogP contribution in [0.4, 0.5) is 10.7 Å².